The Balaban J connectivity index is 1.33. The lowest BCUT2D eigenvalue weighted by molar-refractivity contribution is -0.224. The summed E-state index contributed by atoms with van der Waals surface area (Å²) in [5, 5.41) is 43.1. The number of piperidine rings is 1. The molecule has 5 aliphatic heterocycles. The van der Waals surface area contributed by atoms with Gasteiger partial charge in [0.05, 0.1) is 32.0 Å². The van der Waals surface area contributed by atoms with Crippen LogP contribution >= 0.6 is 0 Å². The second-order valence-electron chi connectivity index (χ2n) is 20.7. The predicted molar refractivity (Wildman–Crippen MR) is 252 cm³/mol. The van der Waals surface area contributed by atoms with Gasteiger partial charge in [0, 0.05) is 84.0 Å². The van der Waals surface area contributed by atoms with E-state index in [2.05, 4.69) is 32.2 Å². The molecule has 2 aromatic carbocycles. The molecular weight excluding hydrogens is 839 g/mol. The van der Waals surface area contributed by atoms with Gasteiger partial charge in [-0.2, -0.15) is 0 Å². The van der Waals surface area contributed by atoms with E-state index in [0.717, 1.165) is 27.7 Å². The number of fused-ring (bicyclic) bond motifs is 6. The zero-order valence-electron chi connectivity index (χ0n) is 40.3. The standard InChI is InChI=1S/C52H71N5O9/c1-10-31(5)40(42(58)66-13-4)54-45(60)52(63)44(59)49(12-3)20-16-22-57-24-21-51(43(49)57)35-25-36(39(64-8)26-38(35)55(7)47(51,52)6)50(46(61)65-9)28-32-27-48(62,11-2)30-56(29-32)23-19-34-33-17-14-15-18-37(33)53-41(34)50/h14-18,20,25-26,31-32,40,43-44,53,59,62-63H,10-13,19,21-24,27-30H2,1-9H3,(H,54,60)/t31-,32-,40-,43-,44+,47+,48-,49+,50-,51+,52-/m0/s1. The Kier molecular flexibility index (Phi) is 11.6. The second kappa shape index (κ2) is 16.4. The van der Waals surface area contributed by atoms with Crippen molar-refractivity contribution < 1.29 is 43.9 Å². The summed E-state index contributed by atoms with van der Waals surface area (Å²) in [6.07, 6.45) is 5.90. The minimum Gasteiger partial charge on any atom is -0.496 e. The highest BCUT2D eigenvalue weighted by Gasteiger charge is 2.84. The van der Waals surface area contributed by atoms with Crippen molar-refractivity contribution >= 4 is 34.4 Å². The molecule has 0 radical (unpaired) electrons. The predicted octanol–water partition coefficient (Wildman–Crippen LogP) is 4.73. The molecule has 12 atom stereocenters. The molecule has 3 fully saturated rings. The van der Waals surface area contributed by atoms with Crippen LogP contribution in [0.25, 0.3) is 10.9 Å². The average molecular weight is 910 g/mol. The van der Waals surface area contributed by atoms with Gasteiger partial charge >= 0.3 is 11.9 Å². The maximum atomic E-state index is 15.5. The molecule has 66 heavy (non-hydrogen) atoms. The van der Waals surface area contributed by atoms with E-state index in [4.69, 9.17) is 14.2 Å². The van der Waals surface area contributed by atoms with E-state index < -0.39 is 69.0 Å². The summed E-state index contributed by atoms with van der Waals surface area (Å²) in [6, 6.07) is 10.7. The van der Waals surface area contributed by atoms with Crippen molar-refractivity contribution in [1.82, 2.24) is 20.1 Å². The van der Waals surface area contributed by atoms with Crippen LogP contribution in [-0.2, 0) is 41.1 Å². The first kappa shape index (κ1) is 46.6. The van der Waals surface area contributed by atoms with Crippen LogP contribution in [0.3, 0.4) is 0 Å². The van der Waals surface area contributed by atoms with Crippen molar-refractivity contribution in [2.75, 3.05) is 65.5 Å². The molecule has 1 saturated carbocycles. The normalized spacial score (nSPS) is 36.5. The maximum absolute atomic E-state index is 15.5. The molecule has 14 nitrogen and oxygen atoms in total. The molecular formula is C52H71N5O9. The lowest BCUT2D eigenvalue weighted by atomic mass is 9.42. The van der Waals surface area contributed by atoms with Gasteiger partial charge in [0.2, 0.25) is 0 Å². The Labute approximate surface area is 389 Å². The number of aromatic nitrogens is 1. The fraction of sp³-hybridized carbons (Fsp3) is 0.635. The number of benzene rings is 2. The fourth-order valence-corrected chi connectivity index (χ4v) is 14.6. The van der Waals surface area contributed by atoms with Gasteiger partial charge in [0.15, 0.2) is 5.60 Å². The van der Waals surface area contributed by atoms with Crippen molar-refractivity contribution in [2.24, 2.45) is 17.3 Å². The number of likely N-dealkylation sites (N-methyl/N-ethyl adjacent to an activating group) is 1. The van der Waals surface area contributed by atoms with Crippen LogP contribution in [0.1, 0.15) is 102 Å². The molecule has 1 aromatic heterocycles. The van der Waals surface area contributed by atoms with Gasteiger partial charge in [0.25, 0.3) is 5.91 Å². The van der Waals surface area contributed by atoms with Crippen LogP contribution < -0.4 is 15.0 Å². The van der Waals surface area contributed by atoms with Crippen LogP contribution in [0, 0.1) is 17.3 Å². The van der Waals surface area contributed by atoms with Crippen LogP contribution in [0.15, 0.2) is 48.6 Å². The van der Waals surface area contributed by atoms with Crippen LogP contribution in [0.2, 0.25) is 0 Å². The minimum absolute atomic E-state index is 0.115. The number of anilines is 1. The van der Waals surface area contributed by atoms with Gasteiger partial charge in [-0.1, -0.05) is 64.5 Å². The van der Waals surface area contributed by atoms with E-state index in [1.54, 1.807) is 14.0 Å². The number of carbonyl (C=O) groups is 3. The highest BCUT2D eigenvalue weighted by atomic mass is 16.5. The summed E-state index contributed by atoms with van der Waals surface area (Å²) in [6.45, 7) is 14.7. The van der Waals surface area contributed by atoms with Crippen LogP contribution in [0.4, 0.5) is 5.69 Å². The number of esters is 2. The van der Waals surface area contributed by atoms with Crippen molar-refractivity contribution in [3.63, 3.8) is 0 Å². The molecule has 2 saturated heterocycles. The molecule has 9 rings (SSSR count). The Morgan fingerprint density at radius 3 is 2.45 bits per heavy atom. The highest BCUT2D eigenvalue weighted by molar-refractivity contribution is 5.97. The monoisotopic (exact) mass is 910 g/mol. The number of aromatic amines is 1. The molecule has 1 spiro atoms. The van der Waals surface area contributed by atoms with Gasteiger partial charge in [-0.05, 0) is 94.0 Å². The molecule has 6 heterocycles. The summed E-state index contributed by atoms with van der Waals surface area (Å²) in [5.41, 5.74) is -3.83. The lowest BCUT2D eigenvalue weighted by Gasteiger charge is -2.68. The van der Waals surface area contributed by atoms with Crippen molar-refractivity contribution in [3.05, 3.63) is 70.9 Å². The third-order valence-electron chi connectivity index (χ3n) is 18.1. The smallest absolute Gasteiger partial charge is 0.328 e. The number of amides is 1. The van der Waals surface area contributed by atoms with Crippen molar-refractivity contribution in [2.45, 2.75) is 132 Å². The maximum Gasteiger partial charge on any atom is 0.328 e. The molecule has 14 heteroatoms. The molecule has 2 bridgehead atoms. The van der Waals surface area contributed by atoms with Crippen molar-refractivity contribution in [1.29, 1.82) is 0 Å². The first-order valence-electron chi connectivity index (χ1n) is 24.4. The second-order valence-corrected chi connectivity index (χ2v) is 20.7. The number of methoxy groups -OCH3 is 2. The van der Waals surface area contributed by atoms with Gasteiger partial charge in [-0.25, -0.2) is 4.79 Å². The zero-order chi connectivity index (χ0) is 47.4. The number of hydrogen-bond acceptors (Lipinski definition) is 12. The van der Waals surface area contributed by atoms with E-state index in [0.29, 0.717) is 94.7 Å². The number of nitrogens with zero attached hydrogens (tertiary/aromatic N) is 3. The summed E-state index contributed by atoms with van der Waals surface area (Å²) in [7, 11) is 4.89. The Hall–Kier alpha value is -4.47. The summed E-state index contributed by atoms with van der Waals surface area (Å²) < 4.78 is 17.9. The zero-order valence-corrected chi connectivity index (χ0v) is 40.3. The third-order valence-corrected chi connectivity index (χ3v) is 18.1. The number of hydrogen-bond donors (Lipinski definition) is 5. The minimum atomic E-state index is -2.50. The third kappa shape index (κ3) is 5.99. The van der Waals surface area contributed by atoms with E-state index in [1.807, 2.05) is 83.0 Å². The first-order valence-corrected chi connectivity index (χ1v) is 24.4. The molecule has 6 aliphatic rings. The quantitative estimate of drug-likeness (QED) is 0.132. The molecule has 1 unspecified atom stereocenters. The molecule has 358 valence electrons. The number of para-hydroxylation sites is 1. The SMILES string of the molecule is CCOC(=O)[C@@H](NC(=O)[C@@]1(O)[C@H](O)[C@]2(CC)C=CCN3CC[C@@]4(c5cc([C@@]6(C(=O)OC)C[C@H]7CN(CCc8c6[nH]c6ccccc86)C[C@](O)(CC)C7)c(OC)cc5N(C)[C@@]14C)[C@@H]32)[C@@H](C)CC. The molecule has 1 aliphatic carbocycles. The van der Waals surface area contributed by atoms with E-state index in [9.17, 15) is 20.1 Å². The van der Waals surface area contributed by atoms with Gasteiger partial charge in [-0.15, -0.1) is 0 Å². The average Bonchev–Trinajstić information content (AvgIpc) is 3.97. The number of aliphatic hydroxyl groups is 3. The van der Waals surface area contributed by atoms with Gasteiger partial charge in [-0.3, -0.25) is 19.4 Å². The van der Waals surface area contributed by atoms with Gasteiger partial charge < -0.3 is 44.7 Å². The summed E-state index contributed by atoms with van der Waals surface area (Å²) in [4.78, 5) is 55.1. The molecule has 5 N–H and O–H groups in total. The Bertz CT molecular complexity index is 2460. The highest BCUT2D eigenvalue weighted by Crippen LogP contribution is 2.71. The number of nitrogens with one attached hydrogen (secondary N) is 2. The van der Waals surface area contributed by atoms with E-state index in [-0.39, 0.29) is 18.4 Å². The number of carbonyl (C=O) groups excluding carboxylic acids is 3. The lowest BCUT2D eigenvalue weighted by Crippen LogP contribution is -2.87. The van der Waals surface area contributed by atoms with E-state index >= 15 is 9.59 Å². The Morgan fingerprint density at radius 1 is 1.02 bits per heavy atom. The largest absolute Gasteiger partial charge is 0.496 e. The number of ether oxygens (including phenoxy) is 3. The fourth-order valence-electron chi connectivity index (χ4n) is 14.6. The van der Waals surface area contributed by atoms with Gasteiger partial charge in [0.1, 0.15) is 23.3 Å². The van der Waals surface area contributed by atoms with Crippen LogP contribution in [0.5, 0.6) is 5.75 Å². The van der Waals surface area contributed by atoms with E-state index in [1.165, 1.54) is 7.11 Å². The number of rotatable bonds is 11. The molecule has 3 aromatic rings. The first-order chi connectivity index (χ1) is 31.5. The number of H-pyrrole nitrogens is 1. The Morgan fingerprint density at radius 2 is 1.77 bits per heavy atom. The van der Waals surface area contributed by atoms with Crippen LogP contribution in [-0.4, -0.2) is 143 Å². The van der Waals surface area contributed by atoms with Crippen molar-refractivity contribution in [3.8, 4) is 5.75 Å². The molecule has 1 amide bonds. The topological polar surface area (TPSA) is 177 Å². The summed E-state index contributed by atoms with van der Waals surface area (Å²) in [5.74, 6) is -1.94. The number of aliphatic hydroxyl groups excluding tert-OH is 1. The summed E-state index contributed by atoms with van der Waals surface area (Å²) >= 11 is 0.